The standard InChI is InChI=1S/C13H22ClN3O2/c1-4-7-19-8-5-6-15-11-9-16-17(10(2)3)13(18)12(11)14/h9-10,15H,4-8H2,1-3H3. The summed E-state index contributed by atoms with van der Waals surface area (Å²) in [5, 5.41) is 7.39. The summed E-state index contributed by atoms with van der Waals surface area (Å²) in [5.74, 6) is 0. The van der Waals surface area contributed by atoms with Crippen LogP contribution < -0.4 is 10.9 Å². The van der Waals surface area contributed by atoms with Gasteiger partial charge in [0.15, 0.2) is 0 Å². The molecule has 0 saturated heterocycles. The maximum atomic E-state index is 11.9. The molecular weight excluding hydrogens is 266 g/mol. The van der Waals surface area contributed by atoms with E-state index in [2.05, 4.69) is 17.3 Å². The molecular formula is C13H22ClN3O2. The maximum Gasteiger partial charge on any atom is 0.287 e. The molecule has 0 aliphatic heterocycles. The highest BCUT2D eigenvalue weighted by Crippen LogP contribution is 2.16. The van der Waals surface area contributed by atoms with Crippen molar-refractivity contribution in [3.63, 3.8) is 0 Å². The minimum atomic E-state index is -0.260. The minimum absolute atomic E-state index is 0.00138. The lowest BCUT2D eigenvalue weighted by Gasteiger charge is -2.12. The molecule has 1 rings (SSSR count). The number of aromatic nitrogens is 2. The molecule has 1 aromatic heterocycles. The lowest BCUT2D eigenvalue weighted by molar-refractivity contribution is 0.134. The number of ether oxygens (including phenoxy) is 1. The number of hydrogen-bond acceptors (Lipinski definition) is 4. The molecule has 0 aromatic carbocycles. The fraction of sp³-hybridized carbons (Fsp3) is 0.692. The first kappa shape index (κ1) is 16.0. The number of rotatable bonds is 8. The quantitative estimate of drug-likeness (QED) is 0.747. The molecule has 0 fully saturated rings. The largest absolute Gasteiger partial charge is 0.382 e. The molecule has 0 aliphatic rings. The minimum Gasteiger partial charge on any atom is -0.382 e. The predicted molar refractivity (Wildman–Crippen MR) is 78.1 cm³/mol. The van der Waals surface area contributed by atoms with E-state index in [-0.39, 0.29) is 16.6 Å². The second-order valence-corrected chi connectivity index (χ2v) is 4.99. The van der Waals surface area contributed by atoms with Gasteiger partial charge in [-0.3, -0.25) is 4.79 Å². The fourth-order valence-electron chi connectivity index (χ4n) is 1.58. The average Bonchev–Trinajstić information content (AvgIpc) is 2.38. The van der Waals surface area contributed by atoms with Crippen LogP contribution in [0.25, 0.3) is 0 Å². The lowest BCUT2D eigenvalue weighted by atomic mass is 10.3. The number of anilines is 1. The van der Waals surface area contributed by atoms with Crippen molar-refractivity contribution in [2.24, 2.45) is 0 Å². The van der Waals surface area contributed by atoms with Gasteiger partial charge in [0.2, 0.25) is 0 Å². The van der Waals surface area contributed by atoms with Gasteiger partial charge in [-0.2, -0.15) is 5.10 Å². The Morgan fingerprint density at radius 1 is 1.47 bits per heavy atom. The molecule has 0 bridgehead atoms. The summed E-state index contributed by atoms with van der Waals surface area (Å²) in [7, 11) is 0. The van der Waals surface area contributed by atoms with Gasteiger partial charge in [0, 0.05) is 19.8 Å². The van der Waals surface area contributed by atoms with Crippen LogP contribution in [0.15, 0.2) is 11.0 Å². The van der Waals surface area contributed by atoms with Crippen molar-refractivity contribution in [1.82, 2.24) is 9.78 Å². The molecule has 0 saturated carbocycles. The van der Waals surface area contributed by atoms with Gasteiger partial charge in [-0.15, -0.1) is 0 Å². The van der Waals surface area contributed by atoms with Crippen molar-refractivity contribution in [2.75, 3.05) is 25.1 Å². The first-order valence-corrected chi connectivity index (χ1v) is 7.04. The van der Waals surface area contributed by atoms with E-state index < -0.39 is 0 Å². The van der Waals surface area contributed by atoms with Gasteiger partial charge in [-0.1, -0.05) is 18.5 Å². The summed E-state index contributed by atoms with van der Waals surface area (Å²) in [5.41, 5.74) is 0.322. The number of halogens is 1. The van der Waals surface area contributed by atoms with Crippen molar-refractivity contribution >= 4 is 17.3 Å². The highest BCUT2D eigenvalue weighted by Gasteiger charge is 2.10. The Hall–Kier alpha value is -1.07. The molecule has 5 nitrogen and oxygen atoms in total. The summed E-state index contributed by atoms with van der Waals surface area (Å²) in [6, 6.07) is 0.00138. The average molecular weight is 288 g/mol. The maximum absolute atomic E-state index is 11.9. The van der Waals surface area contributed by atoms with E-state index in [1.54, 1.807) is 6.20 Å². The first-order chi connectivity index (χ1) is 9.07. The van der Waals surface area contributed by atoms with Crippen molar-refractivity contribution in [3.05, 3.63) is 21.6 Å². The number of nitrogens with one attached hydrogen (secondary N) is 1. The topological polar surface area (TPSA) is 56.1 Å². The van der Waals surface area contributed by atoms with Crippen LogP contribution in [-0.2, 0) is 4.74 Å². The first-order valence-electron chi connectivity index (χ1n) is 6.66. The van der Waals surface area contributed by atoms with Crippen molar-refractivity contribution in [3.8, 4) is 0 Å². The summed E-state index contributed by atoms with van der Waals surface area (Å²) in [6.07, 6.45) is 3.48. The van der Waals surface area contributed by atoms with Crippen LogP contribution in [0, 0.1) is 0 Å². The second kappa shape index (κ2) is 8.17. The van der Waals surface area contributed by atoms with Gasteiger partial charge in [-0.25, -0.2) is 4.68 Å². The van der Waals surface area contributed by atoms with Crippen LogP contribution >= 0.6 is 11.6 Å². The molecule has 1 N–H and O–H groups in total. The Labute approximate surface area is 118 Å². The van der Waals surface area contributed by atoms with Gasteiger partial charge in [0.1, 0.15) is 5.02 Å². The SMILES string of the molecule is CCCOCCCNc1cnn(C(C)C)c(=O)c1Cl. The van der Waals surface area contributed by atoms with E-state index in [1.807, 2.05) is 13.8 Å². The molecule has 108 valence electrons. The lowest BCUT2D eigenvalue weighted by Crippen LogP contribution is -2.26. The van der Waals surface area contributed by atoms with Crippen LogP contribution in [0.5, 0.6) is 0 Å². The Morgan fingerprint density at radius 2 is 2.21 bits per heavy atom. The van der Waals surface area contributed by atoms with E-state index in [9.17, 15) is 4.79 Å². The van der Waals surface area contributed by atoms with Gasteiger partial charge < -0.3 is 10.1 Å². The van der Waals surface area contributed by atoms with Gasteiger partial charge >= 0.3 is 0 Å². The van der Waals surface area contributed by atoms with Crippen molar-refractivity contribution in [2.45, 2.75) is 39.7 Å². The van der Waals surface area contributed by atoms with E-state index >= 15 is 0 Å². The zero-order valence-electron chi connectivity index (χ0n) is 11.8. The molecule has 6 heteroatoms. The summed E-state index contributed by atoms with van der Waals surface area (Å²) in [6.45, 7) is 8.05. The molecule has 0 spiro atoms. The van der Waals surface area contributed by atoms with Crippen molar-refractivity contribution < 1.29 is 4.74 Å². The molecule has 0 aliphatic carbocycles. The third kappa shape index (κ3) is 4.84. The highest BCUT2D eigenvalue weighted by atomic mass is 35.5. The second-order valence-electron chi connectivity index (χ2n) is 4.61. The Balaban J connectivity index is 2.51. The summed E-state index contributed by atoms with van der Waals surface area (Å²) >= 11 is 6.04. The number of nitrogens with zero attached hydrogens (tertiary/aromatic N) is 2. The Bertz CT molecular complexity index is 446. The van der Waals surface area contributed by atoms with Gasteiger partial charge in [0.05, 0.1) is 17.9 Å². The van der Waals surface area contributed by atoms with E-state index in [1.165, 1.54) is 4.68 Å². The number of hydrogen-bond donors (Lipinski definition) is 1. The monoisotopic (exact) mass is 287 g/mol. The highest BCUT2D eigenvalue weighted by molar-refractivity contribution is 6.32. The molecule has 0 atom stereocenters. The van der Waals surface area contributed by atoms with Crippen LogP contribution in [0.3, 0.4) is 0 Å². The fourth-order valence-corrected chi connectivity index (χ4v) is 1.78. The normalized spacial score (nSPS) is 11.0. The molecule has 0 unspecified atom stereocenters. The Morgan fingerprint density at radius 3 is 2.84 bits per heavy atom. The molecule has 0 radical (unpaired) electrons. The summed E-state index contributed by atoms with van der Waals surface area (Å²) < 4.78 is 6.74. The molecule has 19 heavy (non-hydrogen) atoms. The zero-order chi connectivity index (χ0) is 14.3. The van der Waals surface area contributed by atoms with Crippen LogP contribution in [-0.4, -0.2) is 29.5 Å². The van der Waals surface area contributed by atoms with E-state index in [0.29, 0.717) is 18.8 Å². The van der Waals surface area contributed by atoms with Crippen LogP contribution in [0.2, 0.25) is 5.02 Å². The van der Waals surface area contributed by atoms with Gasteiger partial charge in [-0.05, 0) is 26.7 Å². The van der Waals surface area contributed by atoms with Crippen LogP contribution in [0.1, 0.15) is 39.7 Å². The third-order valence-electron chi connectivity index (χ3n) is 2.56. The zero-order valence-corrected chi connectivity index (χ0v) is 12.5. The van der Waals surface area contributed by atoms with Crippen molar-refractivity contribution in [1.29, 1.82) is 0 Å². The molecule has 1 aromatic rings. The predicted octanol–water partition coefficient (Wildman–Crippen LogP) is 2.71. The summed E-state index contributed by atoms with van der Waals surface area (Å²) in [4.78, 5) is 11.9. The Kier molecular flexibility index (Phi) is 6.87. The molecule has 1 heterocycles. The van der Waals surface area contributed by atoms with Gasteiger partial charge in [0.25, 0.3) is 5.56 Å². The van der Waals surface area contributed by atoms with Crippen LogP contribution in [0.4, 0.5) is 5.69 Å². The third-order valence-corrected chi connectivity index (χ3v) is 2.93. The van der Waals surface area contributed by atoms with E-state index in [4.69, 9.17) is 16.3 Å². The van der Waals surface area contributed by atoms with E-state index in [0.717, 1.165) is 19.4 Å². The smallest absolute Gasteiger partial charge is 0.287 e. The molecule has 0 amide bonds.